The first-order valence-electron chi connectivity index (χ1n) is 8.22. The lowest BCUT2D eigenvalue weighted by atomic mass is 10.1. The van der Waals surface area contributed by atoms with Crippen molar-refractivity contribution in [1.82, 2.24) is 0 Å². The SMILES string of the molecule is CCCCCCCCCCOc1ccc([C@@H](C)N)cc1. The normalized spacial score (nSPS) is 12.3. The van der Waals surface area contributed by atoms with Crippen molar-refractivity contribution in [3.63, 3.8) is 0 Å². The summed E-state index contributed by atoms with van der Waals surface area (Å²) in [5, 5.41) is 0. The summed E-state index contributed by atoms with van der Waals surface area (Å²) in [5.74, 6) is 0.956. The molecule has 1 atom stereocenters. The van der Waals surface area contributed by atoms with Crippen LogP contribution in [0.15, 0.2) is 24.3 Å². The molecule has 1 rings (SSSR count). The van der Waals surface area contributed by atoms with Gasteiger partial charge in [0.2, 0.25) is 0 Å². The number of hydrogen-bond acceptors (Lipinski definition) is 2. The highest BCUT2D eigenvalue weighted by molar-refractivity contribution is 5.28. The Labute approximate surface area is 124 Å². The third kappa shape index (κ3) is 7.54. The summed E-state index contributed by atoms with van der Waals surface area (Å²) < 4.78 is 5.75. The summed E-state index contributed by atoms with van der Waals surface area (Å²) >= 11 is 0. The van der Waals surface area contributed by atoms with E-state index in [1.165, 1.54) is 44.9 Å². The molecule has 0 saturated carbocycles. The van der Waals surface area contributed by atoms with Crippen molar-refractivity contribution >= 4 is 0 Å². The maximum Gasteiger partial charge on any atom is 0.119 e. The Balaban J connectivity index is 2.01. The molecule has 0 heterocycles. The van der Waals surface area contributed by atoms with Crippen LogP contribution in [0, 0.1) is 0 Å². The number of ether oxygens (including phenoxy) is 1. The fourth-order valence-electron chi connectivity index (χ4n) is 2.29. The maximum absolute atomic E-state index is 5.82. The van der Waals surface area contributed by atoms with E-state index in [-0.39, 0.29) is 6.04 Å². The Hall–Kier alpha value is -1.02. The minimum absolute atomic E-state index is 0.0942. The van der Waals surface area contributed by atoms with Gasteiger partial charge in [-0.05, 0) is 31.0 Å². The van der Waals surface area contributed by atoms with E-state index >= 15 is 0 Å². The molecule has 2 N–H and O–H groups in total. The Morgan fingerprint density at radius 2 is 1.45 bits per heavy atom. The third-order valence-electron chi connectivity index (χ3n) is 3.67. The van der Waals surface area contributed by atoms with Crippen molar-refractivity contribution in [2.75, 3.05) is 6.61 Å². The van der Waals surface area contributed by atoms with Crippen LogP contribution >= 0.6 is 0 Å². The number of unbranched alkanes of at least 4 members (excludes halogenated alkanes) is 7. The van der Waals surface area contributed by atoms with Crippen LogP contribution in [0.2, 0.25) is 0 Å². The van der Waals surface area contributed by atoms with Crippen molar-refractivity contribution in [2.45, 2.75) is 71.3 Å². The number of rotatable bonds is 11. The monoisotopic (exact) mass is 277 g/mol. The Kier molecular flexibility index (Phi) is 9.14. The molecule has 0 aliphatic heterocycles. The summed E-state index contributed by atoms with van der Waals surface area (Å²) in [4.78, 5) is 0. The van der Waals surface area contributed by atoms with Crippen LogP contribution < -0.4 is 10.5 Å². The molecule has 0 spiro atoms. The molecule has 2 nitrogen and oxygen atoms in total. The van der Waals surface area contributed by atoms with Gasteiger partial charge in [0.1, 0.15) is 5.75 Å². The zero-order valence-electron chi connectivity index (χ0n) is 13.2. The second kappa shape index (κ2) is 10.7. The van der Waals surface area contributed by atoms with Crippen LogP contribution in [-0.4, -0.2) is 6.61 Å². The van der Waals surface area contributed by atoms with E-state index in [9.17, 15) is 0 Å². The number of benzene rings is 1. The Morgan fingerprint density at radius 1 is 0.900 bits per heavy atom. The average molecular weight is 277 g/mol. The van der Waals surface area contributed by atoms with Crippen molar-refractivity contribution in [3.8, 4) is 5.75 Å². The van der Waals surface area contributed by atoms with Gasteiger partial charge in [-0.25, -0.2) is 0 Å². The predicted molar refractivity (Wildman–Crippen MR) is 87.1 cm³/mol. The first kappa shape index (κ1) is 17.0. The van der Waals surface area contributed by atoms with Gasteiger partial charge in [-0.3, -0.25) is 0 Å². The molecule has 0 amide bonds. The first-order valence-corrected chi connectivity index (χ1v) is 8.22. The quantitative estimate of drug-likeness (QED) is 0.562. The van der Waals surface area contributed by atoms with E-state index < -0.39 is 0 Å². The van der Waals surface area contributed by atoms with Gasteiger partial charge in [-0.2, -0.15) is 0 Å². The lowest BCUT2D eigenvalue weighted by Gasteiger charge is -2.09. The standard InChI is InChI=1S/C18H31NO/c1-3-4-5-6-7-8-9-10-15-20-18-13-11-17(12-14-18)16(2)19/h11-14,16H,3-10,15,19H2,1-2H3/t16-/m1/s1. The van der Waals surface area contributed by atoms with Gasteiger partial charge in [0.25, 0.3) is 0 Å². The lowest BCUT2D eigenvalue weighted by Crippen LogP contribution is -2.04. The molecule has 0 saturated heterocycles. The van der Waals surface area contributed by atoms with E-state index in [0.29, 0.717) is 0 Å². The molecular formula is C18H31NO. The van der Waals surface area contributed by atoms with E-state index in [4.69, 9.17) is 10.5 Å². The second-order valence-electron chi connectivity index (χ2n) is 5.68. The molecule has 114 valence electrons. The minimum Gasteiger partial charge on any atom is -0.494 e. The molecular weight excluding hydrogens is 246 g/mol. The summed E-state index contributed by atoms with van der Waals surface area (Å²) in [6.07, 6.45) is 10.7. The molecule has 1 aromatic rings. The van der Waals surface area contributed by atoms with Crippen molar-refractivity contribution < 1.29 is 4.74 Å². The van der Waals surface area contributed by atoms with Crippen LogP contribution in [0.25, 0.3) is 0 Å². The van der Waals surface area contributed by atoms with E-state index in [2.05, 4.69) is 6.92 Å². The summed E-state index contributed by atoms with van der Waals surface area (Å²) in [7, 11) is 0. The minimum atomic E-state index is 0.0942. The van der Waals surface area contributed by atoms with Crippen molar-refractivity contribution in [2.24, 2.45) is 5.73 Å². The zero-order chi connectivity index (χ0) is 14.6. The summed E-state index contributed by atoms with van der Waals surface area (Å²) in [5.41, 5.74) is 6.98. The van der Waals surface area contributed by atoms with Gasteiger partial charge in [-0.15, -0.1) is 0 Å². The zero-order valence-corrected chi connectivity index (χ0v) is 13.2. The molecule has 0 radical (unpaired) electrons. The van der Waals surface area contributed by atoms with Crippen LogP contribution in [0.5, 0.6) is 5.75 Å². The van der Waals surface area contributed by atoms with Crippen LogP contribution in [0.3, 0.4) is 0 Å². The van der Waals surface area contributed by atoms with Gasteiger partial charge < -0.3 is 10.5 Å². The molecule has 0 aliphatic rings. The van der Waals surface area contributed by atoms with E-state index in [0.717, 1.165) is 24.3 Å². The third-order valence-corrected chi connectivity index (χ3v) is 3.67. The lowest BCUT2D eigenvalue weighted by molar-refractivity contribution is 0.304. The van der Waals surface area contributed by atoms with E-state index in [1.807, 2.05) is 31.2 Å². The maximum atomic E-state index is 5.82. The summed E-state index contributed by atoms with van der Waals surface area (Å²) in [6, 6.07) is 8.23. The first-order chi connectivity index (χ1) is 9.74. The van der Waals surface area contributed by atoms with Gasteiger partial charge in [0, 0.05) is 6.04 Å². The van der Waals surface area contributed by atoms with Crippen LogP contribution in [0.1, 0.15) is 76.8 Å². The Morgan fingerprint density at radius 3 is 2.00 bits per heavy atom. The van der Waals surface area contributed by atoms with Gasteiger partial charge >= 0.3 is 0 Å². The molecule has 2 heteroatoms. The highest BCUT2D eigenvalue weighted by atomic mass is 16.5. The topological polar surface area (TPSA) is 35.2 Å². The van der Waals surface area contributed by atoms with Crippen molar-refractivity contribution in [3.05, 3.63) is 29.8 Å². The Bertz CT molecular complexity index is 332. The molecule has 20 heavy (non-hydrogen) atoms. The number of hydrogen-bond donors (Lipinski definition) is 1. The van der Waals surface area contributed by atoms with Gasteiger partial charge in [0.05, 0.1) is 6.61 Å². The smallest absolute Gasteiger partial charge is 0.119 e. The predicted octanol–water partition coefficient (Wildman–Crippen LogP) is 5.23. The van der Waals surface area contributed by atoms with E-state index in [1.54, 1.807) is 0 Å². The molecule has 0 fully saturated rings. The second-order valence-corrected chi connectivity index (χ2v) is 5.68. The van der Waals surface area contributed by atoms with Crippen LogP contribution in [0.4, 0.5) is 0 Å². The largest absolute Gasteiger partial charge is 0.494 e. The molecule has 0 aliphatic carbocycles. The fourth-order valence-corrected chi connectivity index (χ4v) is 2.29. The average Bonchev–Trinajstić information content (AvgIpc) is 2.46. The highest BCUT2D eigenvalue weighted by Crippen LogP contribution is 2.16. The molecule has 0 aromatic heterocycles. The van der Waals surface area contributed by atoms with Crippen LogP contribution in [-0.2, 0) is 0 Å². The fraction of sp³-hybridized carbons (Fsp3) is 0.667. The highest BCUT2D eigenvalue weighted by Gasteiger charge is 1.99. The molecule has 1 aromatic carbocycles. The molecule has 0 bridgehead atoms. The van der Waals surface area contributed by atoms with Crippen molar-refractivity contribution in [1.29, 1.82) is 0 Å². The van der Waals surface area contributed by atoms with Gasteiger partial charge in [0.15, 0.2) is 0 Å². The summed E-state index contributed by atoms with van der Waals surface area (Å²) in [6.45, 7) is 5.08. The van der Waals surface area contributed by atoms with Gasteiger partial charge in [-0.1, -0.05) is 64.0 Å². The molecule has 0 unspecified atom stereocenters. The number of nitrogens with two attached hydrogens (primary N) is 1.